The fraction of sp³-hybridized carbons (Fsp3) is 0.667. The highest BCUT2D eigenvalue weighted by Gasteiger charge is 2.37. The first kappa shape index (κ1) is 19.6. The number of hydrogen-bond acceptors (Lipinski definition) is 4. The van der Waals surface area contributed by atoms with Crippen molar-refractivity contribution in [1.82, 2.24) is 4.90 Å². The van der Waals surface area contributed by atoms with Gasteiger partial charge >= 0.3 is 0 Å². The molecule has 6 nitrogen and oxygen atoms in total. The number of nitrogens with one attached hydrogen (secondary N) is 1. The standard InChI is InChI=1S/C21H30N4O2/c1-6-18(26)24-7-9-25(10-8-24)20-16(12-22)15-11-21(4,5)27-13-17(15)19(23-20)14(2)3/h14H,6-11,13H2,1-5H3/p+1. The molecule has 1 aromatic rings. The quantitative estimate of drug-likeness (QED) is 0.818. The number of fused-ring (bicyclic) bond motifs is 1. The number of nitriles is 1. The van der Waals surface area contributed by atoms with E-state index in [0.29, 0.717) is 32.0 Å². The topological polar surface area (TPSA) is 70.7 Å². The van der Waals surface area contributed by atoms with E-state index in [1.165, 1.54) is 0 Å². The molecule has 2 aliphatic rings. The Kier molecular flexibility index (Phi) is 5.43. The number of anilines is 1. The number of amides is 1. The lowest BCUT2D eigenvalue weighted by Gasteiger charge is -2.35. The molecule has 1 N–H and O–H groups in total. The minimum atomic E-state index is -0.266. The van der Waals surface area contributed by atoms with E-state index >= 15 is 0 Å². The van der Waals surface area contributed by atoms with Crippen molar-refractivity contribution < 1.29 is 14.5 Å². The molecule has 0 unspecified atom stereocenters. The van der Waals surface area contributed by atoms with E-state index in [0.717, 1.165) is 47.7 Å². The van der Waals surface area contributed by atoms with Crippen molar-refractivity contribution in [2.24, 2.45) is 0 Å². The van der Waals surface area contributed by atoms with Gasteiger partial charge in [-0.25, -0.2) is 4.98 Å². The average Bonchev–Trinajstić information content (AvgIpc) is 2.65. The molecule has 3 rings (SSSR count). The van der Waals surface area contributed by atoms with Crippen LogP contribution in [0.2, 0.25) is 0 Å². The van der Waals surface area contributed by atoms with Crippen LogP contribution >= 0.6 is 0 Å². The molecule has 1 amide bonds. The summed E-state index contributed by atoms with van der Waals surface area (Å²) in [6, 6.07) is 2.46. The molecule has 1 saturated heterocycles. The van der Waals surface area contributed by atoms with Gasteiger partial charge in [-0.2, -0.15) is 5.26 Å². The van der Waals surface area contributed by atoms with Crippen LogP contribution in [0.3, 0.4) is 0 Å². The number of hydrogen-bond donors (Lipinski definition) is 0. The van der Waals surface area contributed by atoms with E-state index in [4.69, 9.17) is 4.74 Å². The van der Waals surface area contributed by atoms with Gasteiger partial charge in [-0.1, -0.05) is 20.8 Å². The van der Waals surface area contributed by atoms with Gasteiger partial charge < -0.3 is 9.64 Å². The molecule has 0 aliphatic carbocycles. The minimum Gasteiger partial charge on any atom is -0.370 e. The van der Waals surface area contributed by atoms with Gasteiger partial charge in [-0.15, -0.1) is 0 Å². The molecule has 0 bridgehead atoms. The third-order valence-corrected chi connectivity index (χ3v) is 5.63. The molecule has 0 atom stereocenters. The molecule has 0 spiro atoms. The monoisotopic (exact) mass is 371 g/mol. The van der Waals surface area contributed by atoms with Crippen molar-refractivity contribution in [3.8, 4) is 6.07 Å². The van der Waals surface area contributed by atoms with Gasteiger partial charge in [0.05, 0.1) is 25.3 Å². The predicted molar refractivity (Wildman–Crippen MR) is 103 cm³/mol. The summed E-state index contributed by atoms with van der Waals surface area (Å²) in [7, 11) is 0. The lowest BCUT2D eigenvalue weighted by Crippen LogP contribution is -2.50. The number of nitrogens with zero attached hydrogens (tertiary/aromatic N) is 3. The highest BCUT2D eigenvalue weighted by molar-refractivity contribution is 5.76. The number of carbonyl (C=O) groups is 1. The first-order chi connectivity index (χ1) is 12.8. The summed E-state index contributed by atoms with van der Waals surface area (Å²) in [6.45, 7) is 13.8. The van der Waals surface area contributed by atoms with E-state index in [1.54, 1.807) is 0 Å². The maximum atomic E-state index is 12.0. The molecule has 6 heteroatoms. The van der Waals surface area contributed by atoms with Crippen LogP contribution in [-0.4, -0.2) is 42.6 Å². The van der Waals surface area contributed by atoms with Gasteiger partial charge in [0.1, 0.15) is 30.4 Å². The lowest BCUT2D eigenvalue weighted by atomic mass is 9.86. The summed E-state index contributed by atoms with van der Waals surface area (Å²) in [5.41, 5.74) is 3.89. The zero-order valence-corrected chi connectivity index (χ0v) is 17.2. The molecule has 3 heterocycles. The predicted octanol–water partition coefficient (Wildman–Crippen LogP) is 2.41. The molecular formula is C21H31N4O2+. The highest BCUT2D eigenvalue weighted by atomic mass is 16.5. The number of aromatic amines is 1. The normalized spacial score (nSPS) is 19.0. The Hall–Kier alpha value is -2.13. The smallest absolute Gasteiger partial charge is 0.293 e. The largest absolute Gasteiger partial charge is 0.370 e. The second kappa shape index (κ2) is 7.47. The van der Waals surface area contributed by atoms with Gasteiger partial charge in [0.25, 0.3) is 5.82 Å². The van der Waals surface area contributed by atoms with Crippen LogP contribution < -0.4 is 9.88 Å². The zero-order chi connectivity index (χ0) is 19.8. The number of H-pyrrole nitrogens is 1. The van der Waals surface area contributed by atoms with Gasteiger partial charge in [0, 0.05) is 24.3 Å². The Morgan fingerprint density at radius 2 is 1.93 bits per heavy atom. The molecular weight excluding hydrogens is 340 g/mol. The number of carbonyl (C=O) groups excluding carboxylic acids is 1. The summed E-state index contributed by atoms with van der Waals surface area (Å²) >= 11 is 0. The van der Waals surface area contributed by atoms with Gasteiger partial charge in [0.15, 0.2) is 0 Å². The summed E-state index contributed by atoms with van der Waals surface area (Å²) in [4.78, 5) is 19.7. The molecule has 0 saturated carbocycles. The molecule has 27 heavy (non-hydrogen) atoms. The summed E-state index contributed by atoms with van der Waals surface area (Å²) in [6.07, 6.45) is 1.28. The Labute approximate surface area is 162 Å². The lowest BCUT2D eigenvalue weighted by molar-refractivity contribution is -0.381. The number of ether oxygens (including phenoxy) is 1. The number of aromatic nitrogens is 1. The van der Waals surface area contributed by atoms with Crippen molar-refractivity contribution in [3.05, 3.63) is 22.4 Å². The third-order valence-electron chi connectivity index (χ3n) is 5.63. The van der Waals surface area contributed by atoms with E-state index < -0.39 is 0 Å². The number of piperazine rings is 1. The van der Waals surface area contributed by atoms with Crippen LogP contribution in [0.4, 0.5) is 5.82 Å². The maximum absolute atomic E-state index is 12.0. The fourth-order valence-electron chi connectivity index (χ4n) is 4.08. The van der Waals surface area contributed by atoms with Gasteiger partial charge in [-0.05, 0) is 19.4 Å². The summed E-state index contributed by atoms with van der Waals surface area (Å²) in [5.74, 6) is 1.42. The second-order valence-corrected chi connectivity index (χ2v) is 8.43. The van der Waals surface area contributed by atoms with E-state index in [1.807, 2.05) is 11.8 Å². The molecule has 0 aromatic carbocycles. The summed E-state index contributed by atoms with van der Waals surface area (Å²) in [5, 5.41) is 9.98. The molecule has 1 fully saturated rings. The maximum Gasteiger partial charge on any atom is 0.293 e. The van der Waals surface area contributed by atoms with E-state index in [2.05, 4.69) is 43.6 Å². The second-order valence-electron chi connectivity index (χ2n) is 8.43. The summed E-state index contributed by atoms with van der Waals surface area (Å²) < 4.78 is 6.03. The van der Waals surface area contributed by atoms with Crippen molar-refractivity contribution in [3.63, 3.8) is 0 Å². The van der Waals surface area contributed by atoms with Crippen molar-refractivity contribution in [1.29, 1.82) is 5.26 Å². The number of rotatable bonds is 3. The van der Waals surface area contributed by atoms with Crippen LogP contribution in [0.25, 0.3) is 0 Å². The first-order valence-electron chi connectivity index (χ1n) is 9.95. The minimum absolute atomic E-state index is 0.200. The Morgan fingerprint density at radius 1 is 1.26 bits per heavy atom. The Bertz CT molecular complexity index is 771. The van der Waals surface area contributed by atoms with Crippen LogP contribution in [0, 0.1) is 11.3 Å². The van der Waals surface area contributed by atoms with Crippen molar-refractivity contribution in [2.45, 2.75) is 65.6 Å². The van der Waals surface area contributed by atoms with Crippen molar-refractivity contribution in [2.75, 3.05) is 31.1 Å². The van der Waals surface area contributed by atoms with Crippen LogP contribution in [-0.2, 0) is 22.6 Å². The SMILES string of the molecule is CCC(=O)N1CCN(c2[nH+]c(C(C)C)c3c(c2C#N)CC(C)(C)OC3)CC1. The Morgan fingerprint density at radius 3 is 2.48 bits per heavy atom. The third kappa shape index (κ3) is 3.79. The number of pyridine rings is 1. The van der Waals surface area contributed by atoms with E-state index in [-0.39, 0.29) is 11.5 Å². The van der Waals surface area contributed by atoms with Gasteiger partial charge in [0.2, 0.25) is 5.91 Å². The highest BCUT2D eigenvalue weighted by Crippen LogP contribution is 2.35. The molecule has 146 valence electrons. The van der Waals surface area contributed by atoms with Crippen LogP contribution in [0.5, 0.6) is 0 Å². The molecule has 2 aliphatic heterocycles. The van der Waals surface area contributed by atoms with Crippen LogP contribution in [0.15, 0.2) is 0 Å². The van der Waals surface area contributed by atoms with Crippen LogP contribution in [0.1, 0.15) is 69.3 Å². The molecule has 1 aromatic heterocycles. The zero-order valence-electron chi connectivity index (χ0n) is 17.2. The fourth-order valence-corrected chi connectivity index (χ4v) is 4.08. The van der Waals surface area contributed by atoms with E-state index in [9.17, 15) is 10.1 Å². The first-order valence-corrected chi connectivity index (χ1v) is 9.95. The van der Waals surface area contributed by atoms with Gasteiger partial charge in [-0.3, -0.25) is 9.69 Å². The molecule has 0 radical (unpaired) electrons. The Balaban J connectivity index is 2.00. The average molecular weight is 372 g/mol. The van der Waals surface area contributed by atoms with Crippen molar-refractivity contribution >= 4 is 11.7 Å².